The summed E-state index contributed by atoms with van der Waals surface area (Å²) in [6.07, 6.45) is 0. The molecule has 0 bridgehead atoms. The number of aromatic carboxylic acids is 1. The topological polar surface area (TPSA) is 85.4 Å². The lowest BCUT2D eigenvalue weighted by molar-refractivity contribution is 0.0697. The molecule has 5 heteroatoms. The largest absolute Gasteiger partial charge is 0.478 e. The third-order valence-corrected chi connectivity index (χ3v) is 4.93. The van der Waals surface area contributed by atoms with Gasteiger partial charge in [-0.3, -0.25) is 0 Å². The van der Waals surface area contributed by atoms with E-state index in [4.69, 9.17) is 10.5 Å². The molecule has 4 rings (SSSR count). The van der Waals surface area contributed by atoms with E-state index >= 15 is 0 Å². The Balaban J connectivity index is 1.67. The number of ether oxygens (including phenoxy) is 1. The molecular formula is C26H22N2O3. The molecule has 0 fully saturated rings. The zero-order valence-corrected chi connectivity index (χ0v) is 17.1. The predicted molar refractivity (Wildman–Crippen MR) is 121 cm³/mol. The second kappa shape index (κ2) is 8.81. The summed E-state index contributed by atoms with van der Waals surface area (Å²) in [4.78, 5) is 16.1. The first-order valence-corrected chi connectivity index (χ1v) is 9.92. The van der Waals surface area contributed by atoms with Gasteiger partial charge in [0.15, 0.2) is 0 Å². The second-order valence-corrected chi connectivity index (χ2v) is 7.25. The Morgan fingerprint density at radius 1 is 0.935 bits per heavy atom. The fourth-order valence-corrected chi connectivity index (χ4v) is 3.49. The van der Waals surface area contributed by atoms with Gasteiger partial charge in [0.05, 0.1) is 11.3 Å². The molecule has 0 radical (unpaired) electrons. The van der Waals surface area contributed by atoms with Gasteiger partial charge < -0.3 is 15.6 Å². The van der Waals surface area contributed by atoms with Gasteiger partial charge >= 0.3 is 5.97 Å². The van der Waals surface area contributed by atoms with Crippen LogP contribution in [-0.4, -0.2) is 16.1 Å². The number of hydrogen-bond acceptors (Lipinski definition) is 4. The summed E-state index contributed by atoms with van der Waals surface area (Å²) < 4.78 is 6.06. The summed E-state index contributed by atoms with van der Waals surface area (Å²) in [5.74, 6) is 0.0565. The number of aryl methyl sites for hydroxylation is 1. The number of benzene rings is 3. The van der Waals surface area contributed by atoms with Crippen molar-refractivity contribution in [2.24, 2.45) is 5.73 Å². The van der Waals surface area contributed by atoms with Gasteiger partial charge in [0.1, 0.15) is 5.75 Å². The van der Waals surface area contributed by atoms with E-state index in [1.165, 1.54) is 0 Å². The fourth-order valence-electron chi connectivity index (χ4n) is 3.49. The van der Waals surface area contributed by atoms with Crippen molar-refractivity contribution in [1.82, 2.24) is 4.98 Å². The van der Waals surface area contributed by atoms with Crippen molar-refractivity contribution in [3.05, 3.63) is 102 Å². The van der Waals surface area contributed by atoms with Crippen molar-refractivity contribution >= 4 is 5.97 Å². The Hall–Kier alpha value is -3.96. The van der Waals surface area contributed by atoms with Gasteiger partial charge in [0.2, 0.25) is 5.88 Å². The average Bonchev–Trinajstić information content (AvgIpc) is 2.79. The Labute approximate surface area is 180 Å². The van der Waals surface area contributed by atoms with Crippen LogP contribution in [0.15, 0.2) is 84.9 Å². The maximum Gasteiger partial charge on any atom is 0.336 e. The number of carboxylic acid groups (broad SMARTS) is 1. The Morgan fingerprint density at radius 3 is 2.55 bits per heavy atom. The molecule has 154 valence electrons. The van der Waals surface area contributed by atoms with Crippen LogP contribution >= 0.6 is 0 Å². The molecule has 1 heterocycles. The van der Waals surface area contributed by atoms with Gasteiger partial charge in [-0.05, 0) is 59.5 Å². The summed E-state index contributed by atoms with van der Waals surface area (Å²) >= 11 is 0. The van der Waals surface area contributed by atoms with Gasteiger partial charge in [-0.2, -0.15) is 0 Å². The Morgan fingerprint density at radius 2 is 1.74 bits per heavy atom. The van der Waals surface area contributed by atoms with Gasteiger partial charge in [0, 0.05) is 18.2 Å². The molecule has 5 nitrogen and oxygen atoms in total. The molecular weight excluding hydrogens is 388 g/mol. The highest BCUT2D eigenvalue weighted by molar-refractivity contribution is 5.95. The third-order valence-electron chi connectivity index (χ3n) is 4.93. The predicted octanol–water partition coefficient (Wildman–Crippen LogP) is 5.67. The summed E-state index contributed by atoms with van der Waals surface area (Å²) in [6.45, 7) is 2.49. The summed E-state index contributed by atoms with van der Waals surface area (Å²) in [5, 5.41) is 9.47. The monoisotopic (exact) mass is 410 g/mol. The number of pyridine rings is 1. The van der Waals surface area contributed by atoms with Crippen molar-refractivity contribution in [3.63, 3.8) is 0 Å². The van der Waals surface area contributed by atoms with Crippen LogP contribution in [0.1, 0.15) is 21.5 Å². The third kappa shape index (κ3) is 4.63. The number of nitrogens with two attached hydrogens (primary N) is 1. The van der Waals surface area contributed by atoms with E-state index in [0.29, 0.717) is 29.4 Å². The molecule has 0 unspecified atom stereocenters. The van der Waals surface area contributed by atoms with E-state index in [-0.39, 0.29) is 5.56 Å². The molecule has 3 aromatic carbocycles. The van der Waals surface area contributed by atoms with Crippen LogP contribution in [-0.2, 0) is 6.54 Å². The van der Waals surface area contributed by atoms with Crippen molar-refractivity contribution in [2.45, 2.75) is 13.5 Å². The van der Waals surface area contributed by atoms with Crippen molar-refractivity contribution in [1.29, 1.82) is 0 Å². The maximum absolute atomic E-state index is 11.6. The highest BCUT2D eigenvalue weighted by Crippen LogP contribution is 2.30. The van der Waals surface area contributed by atoms with Gasteiger partial charge in [-0.1, -0.05) is 48.5 Å². The summed E-state index contributed by atoms with van der Waals surface area (Å²) in [6, 6.07) is 26.2. The van der Waals surface area contributed by atoms with Crippen molar-refractivity contribution in [2.75, 3.05) is 0 Å². The Kier molecular flexibility index (Phi) is 5.78. The fraction of sp³-hybridized carbons (Fsp3) is 0.0769. The zero-order chi connectivity index (χ0) is 21.8. The van der Waals surface area contributed by atoms with Crippen LogP contribution < -0.4 is 10.5 Å². The standard InChI is InChI=1S/C26H22N2O3/c1-17-12-20(19-7-4-6-18(14-19)16-27)15-21(13-17)31-25-11-5-10-24(28-25)22-8-2-3-9-23(22)26(29)30/h2-15H,16,27H2,1H3,(H,29,30). The highest BCUT2D eigenvalue weighted by atomic mass is 16.5. The molecule has 0 aliphatic heterocycles. The van der Waals surface area contributed by atoms with Gasteiger partial charge in [-0.15, -0.1) is 0 Å². The SMILES string of the molecule is Cc1cc(Oc2cccc(-c3ccccc3C(=O)O)n2)cc(-c2cccc(CN)c2)c1. The van der Waals surface area contributed by atoms with Crippen LogP contribution in [0.3, 0.4) is 0 Å². The Bertz CT molecular complexity index is 1250. The van der Waals surface area contributed by atoms with Crippen molar-refractivity contribution < 1.29 is 14.6 Å². The van der Waals surface area contributed by atoms with Gasteiger partial charge in [0.25, 0.3) is 0 Å². The van der Waals surface area contributed by atoms with Crippen LogP contribution in [0.5, 0.6) is 11.6 Å². The minimum absolute atomic E-state index is 0.199. The molecule has 4 aromatic rings. The van der Waals surface area contributed by atoms with E-state index < -0.39 is 5.97 Å². The van der Waals surface area contributed by atoms with Crippen LogP contribution in [0.25, 0.3) is 22.4 Å². The lowest BCUT2D eigenvalue weighted by Crippen LogP contribution is -2.00. The van der Waals surface area contributed by atoms with Crippen LogP contribution in [0, 0.1) is 6.92 Å². The molecule has 3 N–H and O–H groups in total. The highest BCUT2D eigenvalue weighted by Gasteiger charge is 2.13. The van der Waals surface area contributed by atoms with Gasteiger partial charge in [-0.25, -0.2) is 9.78 Å². The molecule has 1 aromatic heterocycles. The number of hydrogen-bond donors (Lipinski definition) is 2. The smallest absolute Gasteiger partial charge is 0.336 e. The molecule has 0 saturated carbocycles. The second-order valence-electron chi connectivity index (χ2n) is 7.25. The lowest BCUT2D eigenvalue weighted by atomic mass is 10.0. The number of carbonyl (C=O) groups is 1. The van der Waals surface area contributed by atoms with E-state index in [1.807, 2.05) is 37.3 Å². The molecule has 0 aliphatic rings. The quantitative estimate of drug-likeness (QED) is 0.427. The molecule has 0 atom stereocenters. The minimum Gasteiger partial charge on any atom is -0.478 e. The summed E-state index contributed by atoms with van der Waals surface area (Å²) in [5.41, 5.74) is 11.3. The molecule has 0 spiro atoms. The number of nitrogens with zero attached hydrogens (tertiary/aromatic N) is 1. The minimum atomic E-state index is -0.994. The zero-order valence-electron chi connectivity index (χ0n) is 17.1. The van der Waals surface area contributed by atoms with E-state index in [2.05, 4.69) is 17.1 Å². The van der Waals surface area contributed by atoms with E-state index in [0.717, 1.165) is 22.3 Å². The number of aromatic nitrogens is 1. The first kappa shape index (κ1) is 20.3. The molecule has 0 amide bonds. The average molecular weight is 410 g/mol. The lowest BCUT2D eigenvalue weighted by Gasteiger charge is -2.11. The van der Waals surface area contributed by atoms with E-state index in [1.54, 1.807) is 42.5 Å². The van der Waals surface area contributed by atoms with Crippen LogP contribution in [0.2, 0.25) is 0 Å². The normalized spacial score (nSPS) is 10.6. The number of carboxylic acids is 1. The number of rotatable bonds is 6. The van der Waals surface area contributed by atoms with Crippen molar-refractivity contribution in [3.8, 4) is 34.0 Å². The first-order valence-electron chi connectivity index (χ1n) is 9.92. The molecule has 0 saturated heterocycles. The summed E-state index contributed by atoms with van der Waals surface area (Å²) in [7, 11) is 0. The van der Waals surface area contributed by atoms with Crippen LogP contribution in [0.4, 0.5) is 0 Å². The molecule has 0 aliphatic carbocycles. The maximum atomic E-state index is 11.6. The van der Waals surface area contributed by atoms with E-state index in [9.17, 15) is 9.90 Å². The first-order chi connectivity index (χ1) is 15.0. The molecule has 31 heavy (non-hydrogen) atoms.